The molecule has 2 aromatic rings. The fourth-order valence-electron chi connectivity index (χ4n) is 3.02. The molecular formula is C19H22N2O5S. The van der Waals surface area contributed by atoms with Crippen molar-refractivity contribution in [3.8, 4) is 11.5 Å². The van der Waals surface area contributed by atoms with E-state index < -0.39 is 10.0 Å². The van der Waals surface area contributed by atoms with Gasteiger partial charge in [0, 0.05) is 31.7 Å². The largest absolute Gasteiger partial charge is 0.493 e. The zero-order valence-electron chi connectivity index (χ0n) is 15.3. The van der Waals surface area contributed by atoms with Crippen LogP contribution in [0.25, 0.3) is 0 Å². The molecule has 27 heavy (non-hydrogen) atoms. The Hall–Kier alpha value is -2.58. The number of hydrogen-bond donors (Lipinski definition) is 0. The number of piperazine rings is 1. The number of rotatable bonds is 5. The van der Waals surface area contributed by atoms with Crippen LogP contribution >= 0.6 is 0 Å². The Bertz CT molecular complexity index is 907. The maximum absolute atomic E-state index is 12.8. The number of amides is 1. The molecule has 1 amide bonds. The standard InChI is InChI=1S/C19H22N2O5S/c1-25-17-9-8-15(14-18(17)26-2)19(22)20-10-12-21(13-11-20)27(23,24)16-6-4-3-5-7-16/h3-9,14H,10-13H2,1-2H3. The summed E-state index contributed by atoms with van der Waals surface area (Å²) in [6.45, 7) is 1.19. The summed E-state index contributed by atoms with van der Waals surface area (Å²) in [4.78, 5) is 14.7. The zero-order valence-corrected chi connectivity index (χ0v) is 16.1. The van der Waals surface area contributed by atoms with Crippen molar-refractivity contribution in [1.29, 1.82) is 0 Å². The third-order valence-electron chi connectivity index (χ3n) is 4.54. The van der Waals surface area contributed by atoms with E-state index in [2.05, 4.69) is 0 Å². The quantitative estimate of drug-likeness (QED) is 0.779. The second-order valence-corrected chi connectivity index (χ2v) is 8.02. The monoisotopic (exact) mass is 390 g/mol. The molecule has 144 valence electrons. The summed E-state index contributed by atoms with van der Waals surface area (Å²) in [7, 11) is -0.490. The lowest BCUT2D eigenvalue weighted by Gasteiger charge is -2.34. The van der Waals surface area contributed by atoms with Crippen molar-refractivity contribution in [3.63, 3.8) is 0 Å². The van der Waals surface area contributed by atoms with Crippen LogP contribution in [0.4, 0.5) is 0 Å². The second-order valence-electron chi connectivity index (χ2n) is 6.08. The fourth-order valence-corrected chi connectivity index (χ4v) is 4.47. The number of ether oxygens (including phenoxy) is 2. The number of nitrogens with zero attached hydrogens (tertiary/aromatic N) is 2. The summed E-state index contributed by atoms with van der Waals surface area (Å²) in [5, 5.41) is 0. The number of benzene rings is 2. The van der Waals surface area contributed by atoms with Gasteiger partial charge in [0.15, 0.2) is 11.5 Å². The van der Waals surface area contributed by atoms with E-state index in [1.165, 1.54) is 18.5 Å². The molecule has 0 aliphatic carbocycles. The summed E-state index contributed by atoms with van der Waals surface area (Å²) in [6, 6.07) is 13.3. The summed E-state index contributed by atoms with van der Waals surface area (Å²) >= 11 is 0. The molecule has 0 bridgehead atoms. The van der Waals surface area contributed by atoms with Gasteiger partial charge in [-0.1, -0.05) is 18.2 Å². The van der Waals surface area contributed by atoms with Crippen LogP contribution in [0.2, 0.25) is 0 Å². The van der Waals surface area contributed by atoms with Gasteiger partial charge in [-0.15, -0.1) is 0 Å². The lowest BCUT2D eigenvalue weighted by molar-refractivity contribution is 0.0697. The highest BCUT2D eigenvalue weighted by molar-refractivity contribution is 7.89. The second kappa shape index (κ2) is 7.98. The Balaban J connectivity index is 1.70. The van der Waals surface area contributed by atoms with E-state index in [0.717, 1.165) is 0 Å². The number of hydrogen-bond acceptors (Lipinski definition) is 5. The summed E-state index contributed by atoms with van der Waals surface area (Å²) in [5.41, 5.74) is 0.479. The van der Waals surface area contributed by atoms with E-state index >= 15 is 0 Å². The van der Waals surface area contributed by atoms with Crippen LogP contribution in [0.15, 0.2) is 53.4 Å². The highest BCUT2D eigenvalue weighted by atomic mass is 32.2. The molecule has 2 aromatic carbocycles. The lowest BCUT2D eigenvalue weighted by Crippen LogP contribution is -2.50. The van der Waals surface area contributed by atoms with E-state index in [9.17, 15) is 13.2 Å². The molecule has 8 heteroatoms. The van der Waals surface area contributed by atoms with Gasteiger partial charge in [-0.05, 0) is 30.3 Å². The van der Waals surface area contributed by atoms with Crippen LogP contribution in [0.5, 0.6) is 11.5 Å². The van der Waals surface area contributed by atoms with Crippen molar-refractivity contribution >= 4 is 15.9 Å². The van der Waals surface area contributed by atoms with Crippen molar-refractivity contribution in [2.24, 2.45) is 0 Å². The van der Waals surface area contributed by atoms with Gasteiger partial charge in [0.1, 0.15) is 0 Å². The molecule has 0 N–H and O–H groups in total. The van der Waals surface area contributed by atoms with E-state index in [-0.39, 0.29) is 23.9 Å². The van der Waals surface area contributed by atoms with Crippen molar-refractivity contribution in [2.45, 2.75) is 4.90 Å². The first-order chi connectivity index (χ1) is 13.0. The average Bonchev–Trinajstić information content (AvgIpc) is 2.73. The Morgan fingerprint density at radius 1 is 0.889 bits per heavy atom. The minimum atomic E-state index is -3.54. The molecule has 1 fully saturated rings. The predicted molar refractivity (Wildman–Crippen MR) is 101 cm³/mol. The Labute approximate surface area is 159 Å². The topological polar surface area (TPSA) is 76.2 Å². The van der Waals surface area contributed by atoms with E-state index in [1.54, 1.807) is 53.4 Å². The minimum Gasteiger partial charge on any atom is -0.493 e. The van der Waals surface area contributed by atoms with Gasteiger partial charge in [-0.2, -0.15) is 4.31 Å². The normalized spacial score (nSPS) is 15.4. The van der Waals surface area contributed by atoms with Crippen molar-refractivity contribution in [1.82, 2.24) is 9.21 Å². The number of carbonyl (C=O) groups excluding carboxylic acids is 1. The van der Waals surface area contributed by atoms with Crippen LogP contribution in [0.3, 0.4) is 0 Å². The average molecular weight is 390 g/mol. The van der Waals surface area contributed by atoms with Crippen molar-refractivity contribution in [3.05, 3.63) is 54.1 Å². The van der Waals surface area contributed by atoms with Crippen LogP contribution in [-0.4, -0.2) is 63.9 Å². The molecule has 0 aromatic heterocycles. The van der Waals surface area contributed by atoms with Crippen LogP contribution in [0, 0.1) is 0 Å². The molecule has 0 saturated carbocycles. The third kappa shape index (κ3) is 3.91. The summed E-state index contributed by atoms with van der Waals surface area (Å²) < 4.78 is 37.2. The molecule has 0 radical (unpaired) electrons. The first kappa shape index (κ1) is 19.2. The third-order valence-corrected chi connectivity index (χ3v) is 6.45. The Morgan fingerprint density at radius 3 is 2.11 bits per heavy atom. The van der Waals surface area contributed by atoms with Crippen LogP contribution in [-0.2, 0) is 10.0 Å². The van der Waals surface area contributed by atoms with E-state index in [4.69, 9.17) is 9.47 Å². The smallest absolute Gasteiger partial charge is 0.254 e. The van der Waals surface area contributed by atoms with Gasteiger partial charge in [-0.25, -0.2) is 8.42 Å². The molecule has 1 aliphatic rings. The van der Waals surface area contributed by atoms with Gasteiger partial charge in [-0.3, -0.25) is 4.79 Å². The fraction of sp³-hybridized carbons (Fsp3) is 0.316. The predicted octanol–water partition coefficient (Wildman–Crippen LogP) is 1.85. The number of methoxy groups -OCH3 is 2. The van der Waals surface area contributed by atoms with Crippen molar-refractivity contribution in [2.75, 3.05) is 40.4 Å². The van der Waals surface area contributed by atoms with Gasteiger partial charge in [0.2, 0.25) is 10.0 Å². The van der Waals surface area contributed by atoms with E-state index in [0.29, 0.717) is 30.2 Å². The highest BCUT2D eigenvalue weighted by Gasteiger charge is 2.30. The van der Waals surface area contributed by atoms with Crippen LogP contribution < -0.4 is 9.47 Å². The Morgan fingerprint density at radius 2 is 1.52 bits per heavy atom. The number of sulfonamides is 1. The number of carbonyl (C=O) groups is 1. The van der Waals surface area contributed by atoms with Crippen LogP contribution in [0.1, 0.15) is 10.4 Å². The maximum atomic E-state index is 12.8. The molecular weight excluding hydrogens is 368 g/mol. The van der Waals surface area contributed by atoms with E-state index in [1.807, 2.05) is 0 Å². The maximum Gasteiger partial charge on any atom is 0.254 e. The summed E-state index contributed by atoms with van der Waals surface area (Å²) in [6.07, 6.45) is 0. The highest BCUT2D eigenvalue weighted by Crippen LogP contribution is 2.28. The van der Waals surface area contributed by atoms with Crippen molar-refractivity contribution < 1.29 is 22.7 Å². The SMILES string of the molecule is COc1ccc(C(=O)N2CCN(S(=O)(=O)c3ccccc3)CC2)cc1OC. The van der Waals surface area contributed by atoms with Gasteiger partial charge >= 0.3 is 0 Å². The Kier molecular flexibility index (Phi) is 5.67. The first-order valence-corrected chi connectivity index (χ1v) is 9.98. The first-order valence-electron chi connectivity index (χ1n) is 8.54. The molecule has 7 nitrogen and oxygen atoms in total. The van der Waals surface area contributed by atoms with Gasteiger partial charge < -0.3 is 14.4 Å². The lowest BCUT2D eigenvalue weighted by atomic mass is 10.1. The molecule has 0 spiro atoms. The van der Waals surface area contributed by atoms with Gasteiger partial charge in [0.05, 0.1) is 19.1 Å². The molecule has 0 unspecified atom stereocenters. The molecule has 1 heterocycles. The molecule has 1 saturated heterocycles. The summed E-state index contributed by atoms with van der Waals surface area (Å²) in [5.74, 6) is 0.870. The molecule has 0 atom stereocenters. The molecule has 1 aliphatic heterocycles. The zero-order chi connectivity index (χ0) is 19.4. The minimum absolute atomic E-state index is 0.160. The van der Waals surface area contributed by atoms with Gasteiger partial charge in [0.25, 0.3) is 5.91 Å². The molecule has 3 rings (SSSR count).